The molecule has 2 aromatic rings. The molecule has 2 heterocycles. The van der Waals surface area contributed by atoms with Crippen LogP contribution in [0.3, 0.4) is 0 Å². The van der Waals surface area contributed by atoms with E-state index in [0.29, 0.717) is 12.3 Å². The van der Waals surface area contributed by atoms with E-state index in [1.807, 2.05) is 48.9 Å². The minimum Gasteiger partial charge on any atom is -0.355 e. The van der Waals surface area contributed by atoms with E-state index >= 15 is 0 Å². The van der Waals surface area contributed by atoms with Crippen LogP contribution in [0, 0.1) is 19.8 Å². The van der Waals surface area contributed by atoms with Crippen LogP contribution < -0.4 is 10.6 Å². The van der Waals surface area contributed by atoms with Gasteiger partial charge in [0.1, 0.15) is 0 Å². The number of nitrogens with one attached hydrogen (secondary N) is 2. The Bertz CT molecular complexity index is 659. The summed E-state index contributed by atoms with van der Waals surface area (Å²) in [6, 6.07) is 10.0. The number of aromatic nitrogens is 2. The van der Waals surface area contributed by atoms with Crippen LogP contribution in [0.1, 0.15) is 17.0 Å². The van der Waals surface area contributed by atoms with Crippen molar-refractivity contribution in [1.82, 2.24) is 20.4 Å². The van der Waals surface area contributed by atoms with Crippen LogP contribution in [0.15, 0.2) is 30.3 Å². The highest BCUT2D eigenvalue weighted by molar-refractivity contribution is 5.79. The molecule has 1 amide bonds. The third-order valence-electron chi connectivity index (χ3n) is 4.23. The predicted octanol–water partition coefficient (Wildman–Crippen LogP) is 1.37. The van der Waals surface area contributed by atoms with Crippen molar-refractivity contribution in [3.05, 3.63) is 47.3 Å². The van der Waals surface area contributed by atoms with E-state index in [1.165, 1.54) is 0 Å². The van der Waals surface area contributed by atoms with E-state index in [0.717, 1.165) is 42.3 Å². The Balaban J connectivity index is 1.71. The van der Waals surface area contributed by atoms with Crippen LogP contribution in [0.5, 0.6) is 0 Å². The maximum absolute atomic E-state index is 12.1. The summed E-state index contributed by atoms with van der Waals surface area (Å²) >= 11 is 0. The molecule has 116 valence electrons. The molecule has 22 heavy (non-hydrogen) atoms. The van der Waals surface area contributed by atoms with E-state index in [-0.39, 0.29) is 5.91 Å². The maximum Gasteiger partial charge on any atom is 0.224 e. The standard InChI is InChI=1S/C17H22N4O/c1-12-16(8-17(22)19-11-14-9-18-10-14)13(2)21(20-12)15-6-4-3-5-7-15/h3-7,14,18H,8-11H2,1-2H3,(H,19,22). The zero-order valence-corrected chi connectivity index (χ0v) is 13.1. The summed E-state index contributed by atoms with van der Waals surface area (Å²) < 4.78 is 1.91. The fourth-order valence-corrected chi connectivity index (χ4v) is 2.73. The number of benzene rings is 1. The first-order valence-electron chi connectivity index (χ1n) is 7.73. The number of aryl methyl sites for hydroxylation is 1. The first-order valence-corrected chi connectivity index (χ1v) is 7.73. The van der Waals surface area contributed by atoms with Gasteiger partial charge in [0.15, 0.2) is 0 Å². The minimum atomic E-state index is 0.0747. The fraction of sp³-hybridized carbons (Fsp3) is 0.412. The third-order valence-corrected chi connectivity index (χ3v) is 4.23. The van der Waals surface area contributed by atoms with Gasteiger partial charge in [0.05, 0.1) is 17.8 Å². The second-order valence-corrected chi connectivity index (χ2v) is 5.90. The van der Waals surface area contributed by atoms with Gasteiger partial charge < -0.3 is 10.6 Å². The molecule has 1 saturated heterocycles. The highest BCUT2D eigenvalue weighted by atomic mass is 16.1. The lowest BCUT2D eigenvalue weighted by atomic mass is 10.0. The molecule has 0 unspecified atom stereocenters. The number of para-hydroxylation sites is 1. The van der Waals surface area contributed by atoms with Crippen molar-refractivity contribution < 1.29 is 4.79 Å². The molecule has 1 aliphatic rings. The monoisotopic (exact) mass is 298 g/mol. The van der Waals surface area contributed by atoms with Crippen LogP contribution in [-0.2, 0) is 11.2 Å². The van der Waals surface area contributed by atoms with E-state index in [9.17, 15) is 4.79 Å². The zero-order chi connectivity index (χ0) is 15.5. The normalized spacial score (nSPS) is 14.6. The SMILES string of the molecule is Cc1nn(-c2ccccc2)c(C)c1CC(=O)NCC1CNC1. The van der Waals surface area contributed by atoms with Gasteiger partial charge in [-0.2, -0.15) is 5.10 Å². The summed E-state index contributed by atoms with van der Waals surface area (Å²) in [5, 5.41) is 10.8. The van der Waals surface area contributed by atoms with Gasteiger partial charge in [-0.25, -0.2) is 4.68 Å². The molecule has 3 rings (SSSR count). The average molecular weight is 298 g/mol. The van der Waals surface area contributed by atoms with E-state index in [1.54, 1.807) is 0 Å². The number of carbonyl (C=O) groups is 1. The predicted molar refractivity (Wildman–Crippen MR) is 86.1 cm³/mol. The fourth-order valence-electron chi connectivity index (χ4n) is 2.73. The molecule has 0 saturated carbocycles. The van der Waals surface area contributed by atoms with Gasteiger partial charge in [-0.1, -0.05) is 18.2 Å². The maximum atomic E-state index is 12.1. The molecule has 1 fully saturated rings. The summed E-state index contributed by atoms with van der Waals surface area (Å²) in [6.07, 6.45) is 0.394. The molecule has 0 aliphatic carbocycles. The van der Waals surface area contributed by atoms with E-state index < -0.39 is 0 Å². The van der Waals surface area contributed by atoms with E-state index in [4.69, 9.17) is 0 Å². The van der Waals surface area contributed by atoms with Gasteiger partial charge in [-0.05, 0) is 26.0 Å². The Labute approximate surface area is 130 Å². The second-order valence-electron chi connectivity index (χ2n) is 5.90. The molecule has 0 radical (unpaired) electrons. The Morgan fingerprint density at radius 1 is 1.32 bits per heavy atom. The van der Waals surface area contributed by atoms with Crippen LogP contribution in [0.25, 0.3) is 5.69 Å². The van der Waals surface area contributed by atoms with Crippen LogP contribution in [0.2, 0.25) is 0 Å². The van der Waals surface area contributed by atoms with Gasteiger partial charge in [0.2, 0.25) is 5.91 Å². The Kier molecular flexibility index (Phi) is 4.24. The largest absolute Gasteiger partial charge is 0.355 e. The number of hydrogen-bond donors (Lipinski definition) is 2. The summed E-state index contributed by atoms with van der Waals surface area (Å²) in [5.41, 5.74) is 3.99. The number of rotatable bonds is 5. The van der Waals surface area contributed by atoms with Crippen molar-refractivity contribution in [2.24, 2.45) is 5.92 Å². The molecule has 5 heteroatoms. The number of amides is 1. The number of hydrogen-bond acceptors (Lipinski definition) is 3. The minimum absolute atomic E-state index is 0.0747. The molecular formula is C17H22N4O. The first-order chi connectivity index (χ1) is 10.6. The van der Waals surface area contributed by atoms with Crippen LogP contribution in [-0.4, -0.2) is 35.3 Å². The topological polar surface area (TPSA) is 59.0 Å². The number of nitrogens with zero attached hydrogens (tertiary/aromatic N) is 2. The Hall–Kier alpha value is -2.14. The highest BCUT2D eigenvalue weighted by Crippen LogP contribution is 2.18. The molecular weight excluding hydrogens is 276 g/mol. The second kappa shape index (κ2) is 6.32. The summed E-state index contributed by atoms with van der Waals surface area (Å²) in [5.74, 6) is 0.656. The molecule has 1 aromatic heterocycles. The van der Waals surface area contributed by atoms with Crippen LogP contribution in [0.4, 0.5) is 0 Å². The summed E-state index contributed by atoms with van der Waals surface area (Å²) in [7, 11) is 0. The Morgan fingerprint density at radius 2 is 2.05 bits per heavy atom. The molecule has 5 nitrogen and oxygen atoms in total. The molecule has 1 aliphatic heterocycles. The number of carbonyl (C=O) groups excluding carboxylic acids is 1. The van der Waals surface area contributed by atoms with Crippen molar-refractivity contribution in [2.45, 2.75) is 20.3 Å². The van der Waals surface area contributed by atoms with Crippen molar-refractivity contribution >= 4 is 5.91 Å². The third kappa shape index (κ3) is 3.04. The summed E-state index contributed by atoms with van der Waals surface area (Å²) in [4.78, 5) is 12.1. The molecule has 0 bridgehead atoms. The molecule has 2 N–H and O–H groups in total. The first kappa shape index (κ1) is 14.8. The van der Waals surface area contributed by atoms with E-state index in [2.05, 4.69) is 15.7 Å². The van der Waals surface area contributed by atoms with Crippen molar-refractivity contribution in [1.29, 1.82) is 0 Å². The summed E-state index contributed by atoms with van der Waals surface area (Å²) in [6.45, 7) is 6.75. The smallest absolute Gasteiger partial charge is 0.224 e. The zero-order valence-electron chi connectivity index (χ0n) is 13.1. The lowest BCUT2D eigenvalue weighted by molar-refractivity contribution is -0.120. The van der Waals surface area contributed by atoms with Crippen molar-refractivity contribution in [3.8, 4) is 5.69 Å². The van der Waals surface area contributed by atoms with Gasteiger partial charge in [0, 0.05) is 36.8 Å². The lowest BCUT2D eigenvalue weighted by Gasteiger charge is -2.27. The van der Waals surface area contributed by atoms with Crippen LogP contribution >= 0.6 is 0 Å². The quantitative estimate of drug-likeness (QED) is 0.876. The molecule has 1 aromatic carbocycles. The molecule has 0 atom stereocenters. The Morgan fingerprint density at radius 3 is 2.68 bits per heavy atom. The van der Waals surface area contributed by atoms with Gasteiger partial charge in [-0.15, -0.1) is 0 Å². The molecule has 0 spiro atoms. The van der Waals surface area contributed by atoms with Gasteiger partial charge >= 0.3 is 0 Å². The average Bonchev–Trinajstić information content (AvgIpc) is 2.75. The van der Waals surface area contributed by atoms with Gasteiger partial charge in [-0.3, -0.25) is 4.79 Å². The van der Waals surface area contributed by atoms with Crippen molar-refractivity contribution in [2.75, 3.05) is 19.6 Å². The highest BCUT2D eigenvalue weighted by Gasteiger charge is 2.19. The van der Waals surface area contributed by atoms with Crippen molar-refractivity contribution in [3.63, 3.8) is 0 Å². The lowest BCUT2D eigenvalue weighted by Crippen LogP contribution is -2.48. The van der Waals surface area contributed by atoms with Gasteiger partial charge in [0.25, 0.3) is 0 Å².